The summed E-state index contributed by atoms with van der Waals surface area (Å²) in [6, 6.07) is 5.40. The average molecular weight is 287 g/mol. The Labute approximate surface area is 104 Å². The van der Waals surface area contributed by atoms with Crippen molar-refractivity contribution in [3.05, 3.63) is 28.2 Å². The third-order valence-corrected chi connectivity index (χ3v) is 2.60. The summed E-state index contributed by atoms with van der Waals surface area (Å²) < 4.78 is 6.26. The second-order valence-corrected chi connectivity index (χ2v) is 4.45. The van der Waals surface area contributed by atoms with Gasteiger partial charge in [-0.05, 0) is 32.0 Å². The fourth-order valence-electron chi connectivity index (χ4n) is 1.45. The van der Waals surface area contributed by atoms with Gasteiger partial charge in [0.15, 0.2) is 0 Å². The number of ether oxygens (including phenoxy) is 1. The molecule has 1 rings (SSSR count). The first-order valence-electron chi connectivity index (χ1n) is 5.14. The maximum Gasteiger partial charge on any atom is 0.132 e. The predicted molar refractivity (Wildman–Crippen MR) is 65.6 cm³/mol. The van der Waals surface area contributed by atoms with Crippen LogP contribution in [0.15, 0.2) is 22.7 Å². The van der Waals surface area contributed by atoms with Crippen molar-refractivity contribution in [3.8, 4) is 5.75 Å². The highest BCUT2D eigenvalue weighted by molar-refractivity contribution is 9.10. The smallest absolute Gasteiger partial charge is 0.132 e. The maximum absolute atomic E-state index is 11.0. The minimum Gasteiger partial charge on any atom is -0.493 e. The van der Waals surface area contributed by atoms with Crippen molar-refractivity contribution >= 4 is 21.7 Å². The van der Waals surface area contributed by atoms with Crippen LogP contribution in [0.5, 0.6) is 5.75 Å². The van der Waals surface area contributed by atoms with Gasteiger partial charge in [0.05, 0.1) is 12.7 Å². The molecule has 0 saturated carbocycles. The first-order chi connectivity index (χ1) is 7.54. The van der Waals surface area contributed by atoms with E-state index < -0.39 is 6.10 Å². The number of hydrogen-bond donors (Lipinski definition) is 1. The van der Waals surface area contributed by atoms with Gasteiger partial charge in [0.25, 0.3) is 0 Å². The SMILES string of the molecule is CCOc1ccc(Br)cc1[C@@H](O)CC(C)=O. The van der Waals surface area contributed by atoms with Crippen molar-refractivity contribution in [3.63, 3.8) is 0 Å². The Balaban J connectivity index is 2.98. The summed E-state index contributed by atoms with van der Waals surface area (Å²) >= 11 is 3.33. The second kappa shape index (κ2) is 6.01. The van der Waals surface area contributed by atoms with Gasteiger partial charge in [-0.2, -0.15) is 0 Å². The molecule has 0 aromatic heterocycles. The fourth-order valence-corrected chi connectivity index (χ4v) is 1.83. The van der Waals surface area contributed by atoms with E-state index in [2.05, 4.69) is 15.9 Å². The Kier molecular flexibility index (Phi) is 4.96. The third-order valence-electron chi connectivity index (χ3n) is 2.11. The monoisotopic (exact) mass is 286 g/mol. The van der Waals surface area contributed by atoms with Crippen LogP contribution < -0.4 is 4.74 Å². The van der Waals surface area contributed by atoms with Crippen LogP contribution in [0.25, 0.3) is 0 Å². The second-order valence-electron chi connectivity index (χ2n) is 3.54. The molecule has 0 aliphatic carbocycles. The van der Waals surface area contributed by atoms with E-state index in [0.717, 1.165) is 4.47 Å². The van der Waals surface area contributed by atoms with E-state index in [1.807, 2.05) is 13.0 Å². The Bertz CT molecular complexity index is 377. The van der Waals surface area contributed by atoms with Gasteiger partial charge in [-0.3, -0.25) is 4.79 Å². The highest BCUT2D eigenvalue weighted by atomic mass is 79.9. The molecule has 0 aliphatic rings. The number of ketones is 1. The molecule has 0 fully saturated rings. The number of aliphatic hydroxyl groups is 1. The Morgan fingerprint density at radius 2 is 2.25 bits per heavy atom. The molecule has 16 heavy (non-hydrogen) atoms. The van der Waals surface area contributed by atoms with E-state index in [1.54, 1.807) is 12.1 Å². The van der Waals surface area contributed by atoms with Gasteiger partial charge in [0.1, 0.15) is 11.5 Å². The summed E-state index contributed by atoms with van der Waals surface area (Å²) in [6.07, 6.45) is -0.701. The topological polar surface area (TPSA) is 46.5 Å². The molecule has 0 saturated heterocycles. The number of aliphatic hydroxyl groups excluding tert-OH is 1. The minimum atomic E-state index is -0.809. The number of hydrogen-bond acceptors (Lipinski definition) is 3. The van der Waals surface area contributed by atoms with Gasteiger partial charge in [0.2, 0.25) is 0 Å². The molecule has 1 N–H and O–H groups in total. The van der Waals surface area contributed by atoms with Crippen molar-refractivity contribution in [1.82, 2.24) is 0 Å². The largest absolute Gasteiger partial charge is 0.493 e. The lowest BCUT2D eigenvalue weighted by atomic mass is 10.0. The number of rotatable bonds is 5. The zero-order valence-electron chi connectivity index (χ0n) is 9.37. The van der Waals surface area contributed by atoms with Gasteiger partial charge in [-0.1, -0.05) is 15.9 Å². The zero-order chi connectivity index (χ0) is 12.1. The quantitative estimate of drug-likeness (QED) is 0.905. The molecule has 0 bridgehead atoms. The van der Waals surface area contributed by atoms with E-state index >= 15 is 0 Å². The zero-order valence-corrected chi connectivity index (χ0v) is 11.0. The average Bonchev–Trinajstić information content (AvgIpc) is 2.20. The molecule has 1 aromatic rings. The lowest BCUT2D eigenvalue weighted by molar-refractivity contribution is -0.118. The summed E-state index contributed by atoms with van der Waals surface area (Å²) in [6.45, 7) is 3.87. The number of Topliss-reactive ketones (excluding diaryl/α,β-unsaturated/α-hetero) is 1. The minimum absolute atomic E-state index is 0.0464. The normalized spacial score (nSPS) is 12.2. The molecule has 1 atom stereocenters. The van der Waals surface area contributed by atoms with Crippen LogP contribution in [-0.4, -0.2) is 17.5 Å². The van der Waals surface area contributed by atoms with E-state index in [-0.39, 0.29) is 12.2 Å². The summed E-state index contributed by atoms with van der Waals surface area (Å²) in [7, 11) is 0. The number of halogens is 1. The first-order valence-corrected chi connectivity index (χ1v) is 5.93. The Hall–Kier alpha value is -0.870. The van der Waals surface area contributed by atoms with Gasteiger partial charge in [-0.25, -0.2) is 0 Å². The lowest BCUT2D eigenvalue weighted by Crippen LogP contribution is -2.06. The molecule has 0 aliphatic heterocycles. The molecule has 3 nitrogen and oxygen atoms in total. The van der Waals surface area contributed by atoms with Crippen molar-refractivity contribution in [2.24, 2.45) is 0 Å². The molecule has 0 amide bonds. The van der Waals surface area contributed by atoms with Crippen LogP contribution in [0, 0.1) is 0 Å². The van der Waals surface area contributed by atoms with E-state index in [4.69, 9.17) is 4.74 Å². The van der Waals surface area contributed by atoms with Crippen LogP contribution in [0.2, 0.25) is 0 Å². The van der Waals surface area contributed by atoms with Gasteiger partial charge >= 0.3 is 0 Å². The molecule has 88 valence electrons. The summed E-state index contributed by atoms with van der Waals surface area (Å²) in [4.78, 5) is 11.0. The van der Waals surface area contributed by atoms with Gasteiger partial charge in [-0.15, -0.1) is 0 Å². The first kappa shape index (κ1) is 13.2. The molecule has 0 radical (unpaired) electrons. The Morgan fingerprint density at radius 1 is 1.56 bits per heavy atom. The van der Waals surface area contributed by atoms with E-state index in [1.165, 1.54) is 6.92 Å². The van der Waals surface area contributed by atoms with Crippen LogP contribution in [0.4, 0.5) is 0 Å². The standard InChI is InChI=1S/C12H15BrO3/c1-3-16-12-5-4-9(13)7-10(12)11(15)6-8(2)14/h4-5,7,11,15H,3,6H2,1-2H3/t11-/m0/s1. The van der Waals surface area contributed by atoms with E-state index in [9.17, 15) is 9.90 Å². The van der Waals surface area contributed by atoms with E-state index in [0.29, 0.717) is 17.9 Å². The summed E-state index contributed by atoms with van der Waals surface area (Å²) in [5.41, 5.74) is 0.645. The number of benzene rings is 1. The third kappa shape index (κ3) is 3.61. The predicted octanol–water partition coefficient (Wildman–Crippen LogP) is 2.86. The molecule has 1 aromatic carbocycles. The molecular formula is C12H15BrO3. The van der Waals surface area contributed by atoms with Crippen molar-refractivity contribution in [2.45, 2.75) is 26.4 Å². The number of carbonyl (C=O) groups excluding carboxylic acids is 1. The van der Waals surface area contributed by atoms with Gasteiger partial charge in [0, 0.05) is 16.5 Å². The van der Waals surface area contributed by atoms with Crippen LogP contribution in [-0.2, 0) is 4.79 Å². The van der Waals surface area contributed by atoms with Crippen molar-refractivity contribution in [1.29, 1.82) is 0 Å². The van der Waals surface area contributed by atoms with Crippen molar-refractivity contribution in [2.75, 3.05) is 6.61 Å². The molecule has 0 unspecified atom stereocenters. The maximum atomic E-state index is 11.0. The molecule has 0 heterocycles. The highest BCUT2D eigenvalue weighted by Crippen LogP contribution is 2.30. The fraction of sp³-hybridized carbons (Fsp3) is 0.417. The lowest BCUT2D eigenvalue weighted by Gasteiger charge is -2.15. The van der Waals surface area contributed by atoms with Crippen LogP contribution in [0.1, 0.15) is 31.9 Å². The molecule has 0 spiro atoms. The number of carbonyl (C=O) groups is 1. The molecule has 4 heteroatoms. The van der Waals surface area contributed by atoms with Crippen LogP contribution in [0.3, 0.4) is 0 Å². The van der Waals surface area contributed by atoms with Crippen LogP contribution >= 0.6 is 15.9 Å². The van der Waals surface area contributed by atoms with Crippen molar-refractivity contribution < 1.29 is 14.6 Å². The highest BCUT2D eigenvalue weighted by Gasteiger charge is 2.15. The van der Waals surface area contributed by atoms with Gasteiger partial charge < -0.3 is 9.84 Å². The summed E-state index contributed by atoms with van der Waals surface area (Å²) in [5, 5.41) is 9.90. The summed E-state index contributed by atoms with van der Waals surface area (Å²) in [5.74, 6) is 0.578. The molecular weight excluding hydrogens is 272 g/mol. The Morgan fingerprint density at radius 3 is 2.81 bits per heavy atom.